The van der Waals surface area contributed by atoms with E-state index in [1.165, 1.54) is 24.6 Å². The van der Waals surface area contributed by atoms with Gasteiger partial charge in [-0.05, 0) is 65.4 Å². The third-order valence-corrected chi connectivity index (χ3v) is 4.71. The summed E-state index contributed by atoms with van der Waals surface area (Å²) in [5.74, 6) is 1.01. The zero-order chi connectivity index (χ0) is 16.1. The highest BCUT2D eigenvalue weighted by atomic mass is 79.9. The zero-order valence-corrected chi connectivity index (χ0v) is 14.8. The number of rotatable bonds is 5. The normalized spacial score (nSPS) is 22.5. The predicted molar refractivity (Wildman–Crippen MR) is 90.4 cm³/mol. The number of carbonyl (C=O) groups excluding carboxylic acids is 1. The predicted octanol–water partition coefficient (Wildman–Crippen LogP) is 3.69. The molecular formula is C17H24BrFN2O. The van der Waals surface area contributed by atoms with E-state index in [9.17, 15) is 9.18 Å². The van der Waals surface area contributed by atoms with Crippen LogP contribution in [0, 0.1) is 17.7 Å². The average Bonchev–Trinajstić information content (AvgIpc) is 2.42. The van der Waals surface area contributed by atoms with Crippen LogP contribution in [-0.2, 0) is 0 Å². The van der Waals surface area contributed by atoms with E-state index in [1.807, 2.05) is 0 Å². The van der Waals surface area contributed by atoms with Crippen LogP contribution in [0.5, 0.6) is 0 Å². The van der Waals surface area contributed by atoms with Crippen LogP contribution in [0.25, 0.3) is 0 Å². The summed E-state index contributed by atoms with van der Waals surface area (Å²) in [7, 11) is 0. The van der Waals surface area contributed by atoms with E-state index in [0.717, 1.165) is 37.9 Å². The molecule has 2 rings (SSSR count). The van der Waals surface area contributed by atoms with Crippen LogP contribution in [0.3, 0.4) is 0 Å². The number of carbonyl (C=O) groups is 1. The van der Waals surface area contributed by atoms with E-state index in [2.05, 4.69) is 40.0 Å². The van der Waals surface area contributed by atoms with Crippen molar-refractivity contribution in [1.82, 2.24) is 10.2 Å². The van der Waals surface area contributed by atoms with Crippen molar-refractivity contribution in [2.45, 2.75) is 26.7 Å². The van der Waals surface area contributed by atoms with Gasteiger partial charge in [0.2, 0.25) is 0 Å². The van der Waals surface area contributed by atoms with Crippen LogP contribution in [0.4, 0.5) is 4.39 Å². The minimum atomic E-state index is -0.350. The van der Waals surface area contributed by atoms with Gasteiger partial charge < -0.3 is 10.2 Å². The first-order valence-corrected chi connectivity index (χ1v) is 8.70. The Kier molecular flexibility index (Phi) is 6.38. The maximum atomic E-state index is 13.0. The van der Waals surface area contributed by atoms with E-state index in [-0.39, 0.29) is 11.7 Å². The number of halogens is 2. The molecule has 1 aromatic carbocycles. The Bertz CT molecular complexity index is 513. The molecule has 1 aromatic rings. The third kappa shape index (κ3) is 5.06. The van der Waals surface area contributed by atoms with E-state index in [1.54, 1.807) is 0 Å². The monoisotopic (exact) mass is 370 g/mol. The molecule has 122 valence electrons. The summed E-state index contributed by atoms with van der Waals surface area (Å²) in [4.78, 5) is 14.5. The summed E-state index contributed by atoms with van der Waals surface area (Å²) in [6.45, 7) is 8.57. The second kappa shape index (κ2) is 8.06. The molecule has 1 amide bonds. The number of hydrogen-bond donors (Lipinski definition) is 1. The molecule has 0 bridgehead atoms. The zero-order valence-electron chi connectivity index (χ0n) is 13.2. The number of likely N-dealkylation sites (tertiary alicyclic amines) is 1. The fourth-order valence-corrected chi connectivity index (χ4v) is 3.78. The molecule has 0 aromatic heterocycles. The van der Waals surface area contributed by atoms with Crippen LogP contribution < -0.4 is 5.32 Å². The maximum Gasteiger partial charge on any atom is 0.252 e. The van der Waals surface area contributed by atoms with Crippen molar-refractivity contribution in [3.63, 3.8) is 0 Å². The highest BCUT2D eigenvalue weighted by Gasteiger charge is 2.21. The van der Waals surface area contributed by atoms with Gasteiger partial charge in [-0.25, -0.2) is 4.39 Å². The van der Waals surface area contributed by atoms with Crippen molar-refractivity contribution >= 4 is 21.8 Å². The maximum absolute atomic E-state index is 13.0. The van der Waals surface area contributed by atoms with Gasteiger partial charge in [0.05, 0.1) is 5.56 Å². The van der Waals surface area contributed by atoms with Crippen LogP contribution in [0.1, 0.15) is 37.0 Å². The summed E-state index contributed by atoms with van der Waals surface area (Å²) in [6, 6.07) is 4.12. The Balaban J connectivity index is 1.73. The van der Waals surface area contributed by atoms with Gasteiger partial charge in [0.25, 0.3) is 5.91 Å². The second-order valence-corrected chi connectivity index (χ2v) is 7.29. The molecule has 0 spiro atoms. The first-order chi connectivity index (χ1) is 10.5. The smallest absolute Gasteiger partial charge is 0.252 e. The summed E-state index contributed by atoms with van der Waals surface area (Å²) >= 11 is 3.22. The molecule has 1 N–H and O–H groups in total. The van der Waals surface area contributed by atoms with Crippen molar-refractivity contribution in [2.75, 3.05) is 26.2 Å². The molecule has 0 unspecified atom stereocenters. The topological polar surface area (TPSA) is 32.3 Å². The average molecular weight is 371 g/mol. The SMILES string of the molecule is C[C@@H]1C[C@H](C)CN(CCCNC(=O)c2ccc(F)cc2Br)C1. The van der Waals surface area contributed by atoms with E-state index >= 15 is 0 Å². The Morgan fingerprint density at radius 2 is 2.05 bits per heavy atom. The summed E-state index contributed by atoms with van der Waals surface area (Å²) < 4.78 is 13.5. The van der Waals surface area contributed by atoms with Crippen molar-refractivity contribution in [3.05, 3.63) is 34.1 Å². The van der Waals surface area contributed by atoms with Crippen molar-refractivity contribution in [2.24, 2.45) is 11.8 Å². The molecule has 0 aliphatic carbocycles. The number of hydrogen-bond acceptors (Lipinski definition) is 2. The standard InChI is InChI=1S/C17H24BrFN2O/c1-12-8-13(2)11-21(10-12)7-3-6-20-17(22)15-5-4-14(19)9-16(15)18/h4-5,9,12-13H,3,6-8,10-11H2,1-2H3,(H,20,22)/t12-,13+. The lowest BCUT2D eigenvalue weighted by Crippen LogP contribution is -2.40. The quantitative estimate of drug-likeness (QED) is 0.801. The number of nitrogens with zero attached hydrogens (tertiary/aromatic N) is 1. The molecule has 1 aliphatic heterocycles. The van der Waals surface area contributed by atoms with Gasteiger partial charge in [0.1, 0.15) is 5.82 Å². The fraction of sp³-hybridized carbons (Fsp3) is 0.588. The summed E-state index contributed by atoms with van der Waals surface area (Å²) in [6.07, 6.45) is 2.25. The first-order valence-electron chi connectivity index (χ1n) is 7.91. The van der Waals surface area contributed by atoms with Crippen molar-refractivity contribution < 1.29 is 9.18 Å². The number of amides is 1. The molecule has 0 radical (unpaired) electrons. The molecule has 1 saturated heterocycles. The second-order valence-electron chi connectivity index (χ2n) is 6.44. The van der Waals surface area contributed by atoms with Gasteiger partial charge in [-0.2, -0.15) is 0 Å². The Labute approximate surface area is 140 Å². The van der Waals surface area contributed by atoms with E-state index in [0.29, 0.717) is 16.6 Å². The molecule has 22 heavy (non-hydrogen) atoms. The lowest BCUT2D eigenvalue weighted by molar-refractivity contribution is 0.0946. The van der Waals surface area contributed by atoms with Crippen molar-refractivity contribution in [3.8, 4) is 0 Å². The molecule has 1 heterocycles. The molecule has 1 fully saturated rings. The minimum Gasteiger partial charge on any atom is -0.352 e. The highest BCUT2D eigenvalue weighted by molar-refractivity contribution is 9.10. The molecule has 3 nitrogen and oxygen atoms in total. The first kappa shape index (κ1) is 17.4. The summed E-state index contributed by atoms with van der Waals surface area (Å²) in [5.41, 5.74) is 0.474. The van der Waals surface area contributed by atoms with Gasteiger partial charge >= 0.3 is 0 Å². The Morgan fingerprint density at radius 3 is 2.68 bits per heavy atom. The van der Waals surface area contributed by atoms with E-state index < -0.39 is 0 Å². The number of piperidine rings is 1. The lowest BCUT2D eigenvalue weighted by atomic mass is 9.92. The van der Waals surface area contributed by atoms with Gasteiger partial charge in [0, 0.05) is 24.1 Å². The van der Waals surface area contributed by atoms with E-state index in [4.69, 9.17) is 0 Å². The molecule has 1 aliphatic rings. The van der Waals surface area contributed by atoms with Crippen LogP contribution >= 0.6 is 15.9 Å². The van der Waals surface area contributed by atoms with Gasteiger partial charge in [0.15, 0.2) is 0 Å². The largest absolute Gasteiger partial charge is 0.352 e. The van der Waals surface area contributed by atoms with Crippen molar-refractivity contribution in [1.29, 1.82) is 0 Å². The van der Waals surface area contributed by atoms with Gasteiger partial charge in [-0.1, -0.05) is 13.8 Å². The molecule has 5 heteroatoms. The van der Waals surface area contributed by atoms with Gasteiger partial charge in [-0.15, -0.1) is 0 Å². The number of nitrogens with one attached hydrogen (secondary N) is 1. The lowest BCUT2D eigenvalue weighted by Gasteiger charge is -2.34. The highest BCUT2D eigenvalue weighted by Crippen LogP contribution is 2.21. The Hall–Kier alpha value is -0.940. The summed E-state index contributed by atoms with van der Waals surface area (Å²) in [5, 5.41) is 2.90. The molecule has 0 saturated carbocycles. The minimum absolute atomic E-state index is 0.160. The third-order valence-electron chi connectivity index (χ3n) is 4.06. The number of benzene rings is 1. The molecule has 2 atom stereocenters. The van der Waals surface area contributed by atoms with Crippen LogP contribution in [-0.4, -0.2) is 37.0 Å². The Morgan fingerprint density at radius 1 is 1.36 bits per heavy atom. The molecular weight excluding hydrogens is 347 g/mol. The van der Waals surface area contributed by atoms with Crippen LogP contribution in [0.2, 0.25) is 0 Å². The van der Waals surface area contributed by atoms with Crippen LogP contribution in [0.15, 0.2) is 22.7 Å². The fourth-order valence-electron chi connectivity index (χ4n) is 3.25. The van der Waals surface area contributed by atoms with Gasteiger partial charge in [-0.3, -0.25) is 4.79 Å².